The molecule has 104 valence electrons. The number of rotatable bonds is 5. The molecule has 3 heteroatoms. The average molecular weight is 324 g/mol. The molecule has 1 rings (SSSR count). The second-order valence-corrected chi connectivity index (χ2v) is 6.53. The monoisotopic (exact) mass is 323 g/mol. The van der Waals surface area contributed by atoms with Crippen molar-refractivity contribution >= 4 is 15.9 Å². The Labute approximate surface area is 125 Å². The number of benzene rings is 1. The minimum absolute atomic E-state index is 0.0757. The molecule has 1 N–H and O–H groups in total. The fraction of sp³-hybridized carbons (Fsp3) is 0.500. The molecular weight excluding hydrogens is 302 g/mol. The van der Waals surface area contributed by atoms with E-state index in [9.17, 15) is 0 Å². The van der Waals surface area contributed by atoms with Crippen LogP contribution in [0.25, 0.3) is 0 Å². The molecule has 0 heterocycles. The molecule has 2 nitrogen and oxygen atoms in total. The van der Waals surface area contributed by atoms with E-state index in [1.807, 2.05) is 0 Å². The molecule has 0 radical (unpaired) electrons. The first-order valence-corrected chi connectivity index (χ1v) is 7.23. The van der Waals surface area contributed by atoms with Gasteiger partial charge < -0.3 is 10.1 Å². The standard InChI is InChI=1S/C16H22BrNO/c1-6-7-8-19-15-12(2)9-14(17)10-13(15)11-18-16(3,4)5/h1,9-10,18H,7-8,11H2,2-5H3. The van der Waals surface area contributed by atoms with Gasteiger partial charge in [0.2, 0.25) is 0 Å². The van der Waals surface area contributed by atoms with Crippen molar-refractivity contribution in [1.29, 1.82) is 0 Å². The van der Waals surface area contributed by atoms with Crippen LogP contribution in [0.15, 0.2) is 16.6 Å². The Bertz CT molecular complexity index is 469. The topological polar surface area (TPSA) is 21.3 Å². The quantitative estimate of drug-likeness (QED) is 0.652. The maximum absolute atomic E-state index is 5.83. The predicted molar refractivity (Wildman–Crippen MR) is 84.4 cm³/mol. The second-order valence-electron chi connectivity index (χ2n) is 5.62. The van der Waals surface area contributed by atoms with Gasteiger partial charge in [-0.2, -0.15) is 0 Å². The molecule has 0 aromatic heterocycles. The van der Waals surface area contributed by atoms with Gasteiger partial charge in [0.15, 0.2) is 0 Å². The predicted octanol–water partition coefficient (Wildman–Crippen LogP) is 4.05. The normalized spacial score (nSPS) is 11.2. The van der Waals surface area contributed by atoms with Gasteiger partial charge in [0.25, 0.3) is 0 Å². The number of ether oxygens (including phenoxy) is 1. The molecule has 1 aromatic rings. The van der Waals surface area contributed by atoms with Crippen molar-refractivity contribution in [3.63, 3.8) is 0 Å². The van der Waals surface area contributed by atoms with Crippen LogP contribution in [0.2, 0.25) is 0 Å². The minimum Gasteiger partial charge on any atom is -0.492 e. The van der Waals surface area contributed by atoms with Crippen molar-refractivity contribution in [2.75, 3.05) is 6.61 Å². The first-order chi connectivity index (χ1) is 8.83. The van der Waals surface area contributed by atoms with E-state index in [1.165, 1.54) is 0 Å². The van der Waals surface area contributed by atoms with Crippen molar-refractivity contribution in [1.82, 2.24) is 5.32 Å². The van der Waals surface area contributed by atoms with Crippen LogP contribution in [-0.2, 0) is 6.54 Å². The number of nitrogens with one attached hydrogen (secondary N) is 1. The molecule has 0 aliphatic rings. The maximum atomic E-state index is 5.83. The van der Waals surface area contributed by atoms with Gasteiger partial charge in [0, 0.05) is 28.5 Å². The second kappa shape index (κ2) is 6.98. The summed E-state index contributed by atoms with van der Waals surface area (Å²) < 4.78 is 6.89. The highest BCUT2D eigenvalue weighted by atomic mass is 79.9. The summed E-state index contributed by atoms with van der Waals surface area (Å²) in [6, 6.07) is 4.16. The van der Waals surface area contributed by atoms with Crippen LogP contribution in [0.3, 0.4) is 0 Å². The van der Waals surface area contributed by atoms with E-state index in [0.29, 0.717) is 13.0 Å². The Hall–Kier alpha value is -0.980. The largest absolute Gasteiger partial charge is 0.492 e. The lowest BCUT2D eigenvalue weighted by atomic mass is 10.1. The smallest absolute Gasteiger partial charge is 0.126 e. The van der Waals surface area contributed by atoms with E-state index in [0.717, 1.165) is 27.9 Å². The SMILES string of the molecule is C#CCCOc1c(C)cc(Br)cc1CNC(C)(C)C. The summed E-state index contributed by atoms with van der Waals surface area (Å²) in [5.41, 5.74) is 2.35. The Morgan fingerprint density at radius 3 is 2.63 bits per heavy atom. The molecule has 0 amide bonds. The zero-order valence-corrected chi connectivity index (χ0v) is 13.7. The lowest BCUT2D eigenvalue weighted by Crippen LogP contribution is -2.35. The van der Waals surface area contributed by atoms with Gasteiger partial charge in [0.05, 0.1) is 6.61 Å². The lowest BCUT2D eigenvalue weighted by molar-refractivity contribution is 0.318. The van der Waals surface area contributed by atoms with Crippen LogP contribution >= 0.6 is 15.9 Å². The summed E-state index contributed by atoms with van der Waals surface area (Å²) >= 11 is 3.53. The number of hydrogen-bond donors (Lipinski definition) is 1. The van der Waals surface area contributed by atoms with Gasteiger partial charge in [-0.25, -0.2) is 0 Å². The fourth-order valence-corrected chi connectivity index (χ4v) is 2.33. The first-order valence-electron chi connectivity index (χ1n) is 6.44. The van der Waals surface area contributed by atoms with E-state index < -0.39 is 0 Å². The summed E-state index contributed by atoms with van der Waals surface area (Å²) in [6.07, 6.45) is 5.89. The van der Waals surface area contributed by atoms with Crippen LogP contribution in [-0.4, -0.2) is 12.1 Å². The highest BCUT2D eigenvalue weighted by molar-refractivity contribution is 9.10. The van der Waals surface area contributed by atoms with Gasteiger partial charge >= 0.3 is 0 Å². The Balaban J connectivity index is 2.90. The summed E-state index contributed by atoms with van der Waals surface area (Å²) in [5, 5.41) is 3.48. The Morgan fingerprint density at radius 1 is 1.37 bits per heavy atom. The first kappa shape index (κ1) is 16.1. The van der Waals surface area contributed by atoms with Gasteiger partial charge in [-0.1, -0.05) is 15.9 Å². The summed E-state index contributed by atoms with van der Waals surface area (Å²) in [4.78, 5) is 0. The molecule has 0 saturated carbocycles. The van der Waals surface area contributed by atoms with Gasteiger partial charge in [-0.05, 0) is 45.4 Å². The lowest BCUT2D eigenvalue weighted by Gasteiger charge is -2.22. The minimum atomic E-state index is 0.0757. The van der Waals surface area contributed by atoms with Crippen LogP contribution in [0, 0.1) is 19.3 Å². The van der Waals surface area contributed by atoms with E-state index >= 15 is 0 Å². The van der Waals surface area contributed by atoms with Gasteiger partial charge in [-0.3, -0.25) is 0 Å². The molecule has 1 aromatic carbocycles. The summed E-state index contributed by atoms with van der Waals surface area (Å²) in [6.45, 7) is 9.83. The Morgan fingerprint density at radius 2 is 2.05 bits per heavy atom. The molecular formula is C16H22BrNO. The van der Waals surface area contributed by atoms with E-state index in [1.54, 1.807) is 0 Å². The maximum Gasteiger partial charge on any atom is 0.126 e. The molecule has 0 saturated heterocycles. The van der Waals surface area contributed by atoms with E-state index in [4.69, 9.17) is 11.2 Å². The van der Waals surface area contributed by atoms with Crippen LogP contribution in [0.5, 0.6) is 5.75 Å². The number of hydrogen-bond acceptors (Lipinski definition) is 2. The summed E-state index contributed by atoms with van der Waals surface area (Å²) in [7, 11) is 0. The molecule has 0 unspecified atom stereocenters. The van der Waals surface area contributed by atoms with Crippen molar-refractivity contribution in [2.24, 2.45) is 0 Å². The number of halogens is 1. The molecule has 0 bridgehead atoms. The van der Waals surface area contributed by atoms with Crippen LogP contribution < -0.4 is 10.1 Å². The zero-order valence-electron chi connectivity index (χ0n) is 12.1. The number of aryl methyl sites for hydroxylation is 1. The highest BCUT2D eigenvalue weighted by Gasteiger charge is 2.13. The van der Waals surface area contributed by atoms with Crippen LogP contribution in [0.4, 0.5) is 0 Å². The third kappa shape index (κ3) is 5.67. The fourth-order valence-electron chi connectivity index (χ4n) is 1.71. The molecule has 0 atom stereocenters. The van der Waals surface area contributed by atoms with Gasteiger partial charge in [-0.15, -0.1) is 12.3 Å². The third-order valence-electron chi connectivity index (χ3n) is 2.62. The molecule has 0 aliphatic carbocycles. The van der Waals surface area contributed by atoms with Crippen LogP contribution in [0.1, 0.15) is 38.3 Å². The van der Waals surface area contributed by atoms with E-state index in [2.05, 4.69) is 67.0 Å². The van der Waals surface area contributed by atoms with Crippen molar-refractivity contribution in [3.8, 4) is 18.1 Å². The Kier molecular flexibility index (Phi) is 5.90. The van der Waals surface area contributed by atoms with E-state index in [-0.39, 0.29) is 5.54 Å². The highest BCUT2D eigenvalue weighted by Crippen LogP contribution is 2.28. The zero-order chi connectivity index (χ0) is 14.5. The number of terminal acetylenes is 1. The molecule has 0 fully saturated rings. The third-order valence-corrected chi connectivity index (χ3v) is 3.08. The average Bonchev–Trinajstić information content (AvgIpc) is 2.28. The van der Waals surface area contributed by atoms with Crippen molar-refractivity contribution < 1.29 is 4.74 Å². The molecule has 0 aliphatic heterocycles. The molecule has 19 heavy (non-hydrogen) atoms. The molecule has 0 spiro atoms. The summed E-state index contributed by atoms with van der Waals surface area (Å²) in [5.74, 6) is 3.53. The van der Waals surface area contributed by atoms with Gasteiger partial charge in [0.1, 0.15) is 5.75 Å². The van der Waals surface area contributed by atoms with Crippen molar-refractivity contribution in [3.05, 3.63) is 27.7 Å². The van der Waals surface area contributed by atoms with Crippen molar-refractivity contribution in [2.45, 2.75) is 46.2 Å².